The molecule has 1 N–H and O–H groups in total. The number of esters is 1. The first kappa shape index (κ1) is 19.2. The molecule has 0 aliphatic heterocycles. The maximum Gasteiger partial charge on any atom is 0.302 e. The van der Waals surface area contributed by atoms with E-state index in [1.54, 1.807) is 0 Å². The Morgan fingerprint density at radius 1 is 1.04 bits per heavy atom. The molecule has 0 saturated heterocycles. The van der Waals surface area contributed by atoms with Crippen molar-refractivity contribution in [2.75, 3.05) is 6.61 Å². The van der Waals surface area contributed by atoms with Gasteiger partial charge in [-0.2, -0.15) is 0 Å². The summed E-state index contributed by atoms with van der Waals surface area (Å²) in [7, 11) is 0. The van der Waals surface area contributed by atoms with Gasteiger partial charge < -0.3 is 10.1 Å². The van der Waals surface area contributed by atoms with E-state index in [1.165, 1.54) is 25.0 Å². The normalized spacial score (nSPS) is 13.2. The van der Waals surface area contributed by atoms with Crippen LogP contribution in [0.5, 0.6) is 0 Å². The zero-order valence-corrected chi connectivity index (χ0v) is 14.8. The highest BCUT2D eigenvalue weighted by Crippen LogP contribution is 2.20. The highest BCUT2D eigenvalue weighted by Gasteiger charge is 2.30. The molecular weight excluding hydrogens is 290 g/mol. The quantitative estimate of drug-likeness (QED) is 0.710. The molecule has 1 amide bonds. The molecule has 1 rings (SSSR count). The molecule has 1 atom stereocenters. The molecule has 128 valence electrons. The van der Waals surface area contributed by atoms with Gasteiger partial charge >= 0.3 is 5.97 Å². The van der Waals surface area contributed by atoms with Crippen molar-refractivity contribution >= 4 is 11.9 Å². The Morgan fingerprint density at radius 3 is 2.04 bits per heavy atom. The average Bonchev–Trinajstić information content (AvgIpc) is 2.51. The molecule has 0 bridgehead atoms. The van der Waals surface area contributed by atoms with Gasteiger partial charge in [-0.05, 0) is 36.8 Å². The number of carbonyl (C=O) groups is 2. The Balaban J connectivity index is 2.74. The third kappa shape index (κ3) is 6.85. The van der Waals surface area contributed by atoms with Gasteiger partial charge in [0.25, 0.3) is 0 Å². The monoisotopic (exact) mass is 319 g/mol. The summed E-state index contributed by atoms with van der Waals surface area (Å²) in [5.74, 6) is -0.422. The van der Waals surface area contributed by atoms with E-state index in [0.717, 1.165) is 25.7 Å². The molecule has 0 radical (unpaired) electrons. The number of carbonyl (C=O) groups excluding carboxylic acids is 2. The van der Waals surface area contributed by atoms with E-state index < -0.39 is 5.54 Å². The second kappa shape index (κ2) is 9.33. The molecule has 0 fully saturated rings. The number of hydrogen-bond donors (Lipinski definition) is 1. The van der Waals surface area contributed by atoms with Gasteiger partial charge in [0.1, 0.15) is 6.61 Å². The predicted molar refractivity (Wildman–Crippen MR) is 92.2 cm³/mol. The van der Waals surface area contributed by atoms with E-state index in [0.29, 0.717) is 6.42 Å². The van der Waals surface area contributed by atoms with Crippen molar-refractivity contribution in [3.63, 3.8) is 0 Å². The molecule has 1 unspecified atom stereocenters. The van der Waals surface area contributed by atoms with Crippen LogP contribution in [0.2, 0.25) is 0 Å². The Hall–Kier alpha value is -1.84. The van der Waals surface area contributed by atoms with Crippen LogP contribution in [0.4, 0.5) is 0 Å². The van der Waals surface area contributed by atoms with Gasteiger partial charge in [0.15, 0.2) is 0 Å². The van der Waals surface area contributed by atoms with Crippen molar-refractivity contribution in [3.8, 4) is 0 Å². The van der Waals surface area contributed by atoms with Gasteiger partial charge in [-0.25, -0.2) is 0 Å². The molecule has 23 heavy (non-hydrogen) atoms. The number of aryl methyl sites for hydroxylation is 2. The van der Waals surface area contributed by atoms with Crippen LogP contribution in [0.1, 0.15) is 58.1 Å². The maximum absolute atomic E-state index is 11.5. The Morgan fingerprint density at radius 2 is 1.61 bits per heavy atom. The molecular formula is C19H29NO3. The summed E-state index contributed by atoms with van der Waals surface area (Å²) in [6.07, 6.45) is 4.53. The third-order valence-electron chi connectivity index (χ3n) is 4.12. The molecule has 0 aromatic heterocycles. The van der Waals surface area contributed by atoms with Crippen LogP contribution in [0.3, 0.4) is 0 Å². The summed E-state index contributed by atoms with van der Waals surface area (Å²) in [5, 5.41) is 2.98. The van der Waals surface area contributed by atoms with Crippen molar-refractivity contribution in [3.05, 3.63) is 35.4 Å². The van der Waals surface area contributed by atoms with Crippen LogP contribution < -0.4 is 5.32 Å². The fraction of sp³-hybridized carbons (Fsp3) is 0.579. The molecule has 0 aliphatic carbocycles. The van der Waals surface area contributed by atoms with Crippen molar-refractivity contribution in [1.29, 1.82) is 0 Å². The van der Waals surface area contributed by atoms with Crippen LogP contribution >= 0.6 is 0 Å². The van der Waals surface area contributed by atoms with Crippen molar-refractivity contribution < 1.29 is 14.3 Å². The van der Waals surface area contributed by atoms with E-state index in [2.05, 4.69) is 36.5 Å². The molecule has 1 aromatic carbocycles. The lowest BCUT2D eigenvalue weighted by atomic mass is 9.89. The van der Waals surface area contributed by atoms with Crippen LogP contribution in [0.15, 0.2) is 24.3 Å². The Bertz CT molecular complexity index is 510. The number of amides is 1. The molecule has 0 spiro atoms. The zero-order valence-electron chi connectivity index (χ0n) is 14.8. The first-order chi connectivity index (χ1) is 10.9. The van der Waals surface area contributed by atoms with Gasteiger partial charge in [-0.3, -0.25) is 9.59 Å². The fourth-order valence-electron chi connectivity index (χ4n) is 2.70. The highest BCUT2D eigenvalue weighted by atomic mass is 16.5. The van der Waals surface area contributed by atoms with Gasteiger partial charge in [0.05, 0.1) is 5.54 Å². The minimum Gasteiger partial charge on any atom is -0.463 e. The smallest absolute Gasteiger partial charge is 0.302 e. The summed E-state index contributed by atoms with van der Waals surface area (Å²) in [6.45, 7) is 7.28. The number of rotatable bonds is 9. The summed E-state index contributed by atoms with van der Waals surface area (Å²) in [5.41, 5.74) is 2.08. The van der Waals surface area contributed by atoms with Gasteiger partial charge in [-0.15, -0.1) is 0 Å². The van der Waals surface area contributed by atoms with Crippen molar-refractivity contribution in [2.24, 2.45) is 0 Å². The van der Waals surface area contributed by atoms with Crippen molar-refractivity contribution in [1.82, 2.24) is 5.32 Å². The summed E-state index contributed by atoms with van der Waals surface area (Å²) in [6, 6.07) is 8.61. The topological polar surface area (TPSA) is 55.4 Å². The van der Waals surface area contributed by atoms with E-state index in [9.17, 15) is 9.59 Å². The number of ether oxygens (including phenoxy) is 1. The third-order valence-corrected chi connectivity index (χ3v) is 4.12. The van der Waals surface area contributed by atoms with E-state index >= 15 is 0 Å². The van der Waals surface area contributed by atoms with Crippen LogP contribution in [-0.4, -0.2) is 24.0 Å². The minimum absolute atomic E-state index is 0.0997. The fourth-order valence-corrected chi connectivity index (χ4v) is 2.70. The van der Waals surface area contributed by atoms with Gasteiger partial charge in [-0.1, -0.05) is 44.5 Å². The lowest BCUT2D eigenvalue weighted by Crippen LogP contribution is -2.51. The number of nitrogens with one attached hydrogen (secondary N) is 1. The number of hydrogen-bond acceptors (Lipinski definition) is 3. The second-order valence-electron chi connectivity index (χ2n) is 6.16. The molecule has 0 heterocycles. The van der Waals surface area contributed by atoms with E-state index in [-0.39, 0.29) is 18.5 Å². The Labute approximate surface area is 139 Å². The summed E-state index contributed by atoms with van der Waals surface area (Å²) < 4.78 is 5.18. The van der Waals surface area contributed by atoms with Crippen LogP contribution in [0, 0.1) is 0 Å². The van der Waals surface area contributed by atoms with Crippen LogP contribution in [-0.2, 0) is 27.2 Å². The van der Waals surface area contributed by atoms with Gasteiger partial charge in [0.2, 0.25) is 5.91 Å². The highest BCUT2D eigenvalue weighted by molar-refractivity contribution is 5.74. The van der Waals surface area contributed by atoms with E-state index in [1.807, 2.05) is 6.92 Å². The molecule has 1 aromatic rings. The molecule has 4 heteroatoms. The number of benzene rings is 1. The zero-order chi connectivity index (χ0) is 17.3. The van der Waals surface area contributed by atoms with Crippen LogP contribution in [0.25, 0.3) is 0 Å². The standard InChI is InChI=1S/C19H29NO3/c1-5-7-17-8-10-18(11-9-17)12-13-19(6-2,20-15(3)21)14-23-16(4)22/h8-11H,5-7,12-14H2,1-4H3,(H,20,21). The van der Waals surface area contributed by atoms with E-state index in [4.69, 9.17) is 4.74 Å². The minimum atomic E-state index is -0.500. The largest absolute Gasteiger partial charge is 0.463 e. The molecule has 0 saturated carbocycles. The van der Waals surface area contributed by atoms with Gasteiger partial charge in [0, 0.05) is 13.8 Å². The SMILES string of the molecule is CCCc1ccc(CCC(CC)(COC(C)=O)NC(C)=O)cc1. The molecule has 4 nitrogen and oxygen atoms in total. The first-order valence-electron chi connectivity index (χ1n) is 8.40. The Kier molecular flexibility index (Phi) is 7.79. The second-order valence-corrected chi connectivity index (χ2v) is 6.16. The van der Waals surface area contributed by atoms with Crippen molar-refractivity contribution in [2.45, 2.75) is 65.3 Å². The lowest BCUT2D eigenvalue weighted by molar-refractivity contribution is -0.144. The lowest BCUT2D eigenvalue weighted by Gasteiger charge is -2.33. The summed E-state index contributed by atoms with van der Waals surface area (Å²) in [4.78, 5) is 22.7. The molecule has 0 aliphatic rings. The first-order valence-corrected chi connectivity index (χ1v) is 8.40. The maximum atomic E-state index is 11.5. The summed E-state index contributed by atoms with van der Waals surface area (Å²) >= 11 is 0. The average molecular weight is 319 g/mol. The predicted octanol–water partition coefficient (Wildman–Crippen LogP) is 3.42.